The summed E-state index contributed by atoms with van der Waals surface area (Å²) < 4.78 is 151. The first-order chi connectivity index (χ1) is 39.9. The van der Waals surface area contributed by atoms with Gasteiger partial charge in [-0.3, -0.25) is 18.9 Å². The summed E-state index contributed by atoms with van der Waals surface area (Å²) in [6.45, 7) is 60.5. The van der Waals surface area contributed by atoms with E-state index in [1.807, 2.05) is 69.2 Å². The molecule has 2 saturated carbocycles. The fourth-order valence-corrected chi connectivity index (χ4v) is 11.5. The summed E-state index contributed by atoms with van der Waals surface area (Å²) in [5.41, 5.74) is -0.565. The largest absolute Gasteiger partial charge is 0.469 e. The minimum Gasteiger partial charge on any atom is -0.469 e. The number of rotatable bonds is 9. The molecule has 20 nitrogen and oxygen atoms in total. The third-order valence-corrected chi connectivity index (χ3v) is 32.5. The number of carbonyl (C=O) groups is 3. The van der Waals surface area contributed by atoms with E-state index in [1.54, 1.807) is 180 Å². The molecular formula is C66H144NO19PS6. The lowest BCUT2D eigenvalue weighted by Crippen LogP contribution is -2.38. The Labute approximate surface area is 574 Å². The van der Waals surface area contributed by atoms with E-state index >= 15 is 0 Å². The van der Waals surface area contributed by atoms with Crippen LogP contribution in [0, 0.1) is 28.1 Å². The van der Waals surface area contributed by atoms with Crippen molar-refractivity contribution in [3.63, 3.8) is 0 Å². The highest BCUT2D eigenvalue weighted by molar-refractivity contribution is 7.94. The van der Waals surface area contributed by atoms with Gasteiger partial charge in [0.25, 0.3) is 0 Å². The van der Waals surface area contributed by atoms with Crippen molar-refractivity contribution < 1.29 is 83.8 Å². The standard InChI is InChI=1S/C10H18O.C8H14O.2C7H16O2S.C6H15NO2S.C6H15O3P.C6H14O2S.C6H12O2.2C5H12O2S/c1-10(2,3)9(11)8-6-4-5-7-8;1-8(2,3)7(9)6-4-5-6;1-6(2)10(8,9)7(3,4)5;1-5-6-10(8,9)7(2,3)4;1-6(2,3)10(8,9)7(4)5;1-6(2,3)10(8,5-7)9-4;1-5-9(7,8)6(2,3)4;1-6(2,3)5(7)8-4;2*1-5(2,3)8(4,6)7/h8H,4-7H2,1-3H3;6H,4-5H2,1-3H3;6H,1-5H3;5-6H2,1-4H3;1-5H3;7H,5H2,1-4H3;5H2,1-4H3;3*1-4H3. The van der Waals surface area contributed by atoms with Gasteiger partial charge in [-0.05, 0) is 191 Å². The van der Waals surface area contributed by atoms with Gasteiger partial charge in [0.1, 0.15) is 17.9 Å². The van der Waals surface area contributed by atoms with Crippen LogP contribution in [-0.2, 0) is 87.4 Å². The van der Waals surface area contributed by atoms with Crippen molar-refractivity contribution in [3.05, 3.63) is 0 Å². The number of aliphatic hydroxyl groups is 1. The van der Waals surface area contributed by atoms with E-state index in [1.165, 1.54) is 43.9 Å². The Morgan fingerprint density at radius 3 is 0.806 bits per heavy atom. The predicted molar refractivity (Wildman–Crippen MR) is 395 cm³/mol. The number of carbonyl (C=O) groups excluding carboxylic acids is 3. The molecule has 93 heavy (non-hydrogen) atoms. The molecule has 1 atom stereocenters. The molecule has 0 heterocycles. The molecule has 1 N–H and O–H groups in total. The van der Waals surface area contributed by atoms with Gasteiger partial charge in [-0.25, -0.2) is 54.8 Å². The van der Waals surface area contributed by atoms with Gasteiger partial charge in [0.2, 0.25) is 17.4 Å². The summed E-state index contributed by atoms with van der Waals surface area (Å²) in [5, 5.41) is 8.00. The zero-order valence-corrected chi connectivity index (χ0v) is 72.2. The monoisotopic (exact) mass is 1480 g/mol. The number of sulfonamides is 1. The summed E-state index contributed by atoms with van der Waals surface area (Å²) in [7, 11) is -14.3. The second kappa shape index (κ2) is 40.8. The van der Waals surface area contributed by atoms with E-state index in [0.717, 1.165) is 25.7 Å². The van der Waals surface area contributed by atoms with Crippen LogP contribution in [0.3, 0.4) is 0 Å². The maximum atomic E-state index is 11.7. The average Bonchev–Trinajstić information content (AvgIpc) is 1.76. The van der Waals surface area contributed by atoms with Crippen LogP contribution in [0.15, 0.2) is 0 Å². The first-order valence-corrected chi connectivity index (χ1v) is 43.7. The van der Waals surface area contributed by atoms with Crippen molar-refractivity contribution in [1.82, 2.24) is 4.31 Å². The molecule has 0 spiro atoms. The number of aliphatic hydroxyl groups excluding tert-OH is 1. The van der Waals surface area contributed by atoms with E-state index in [-0.39, 0.29) is 39.6 Å². The molecule has 568 valence electrons. The second-order valence-electron chi connectivity index (χ2n) is 33.7. The number of nitrogens with zero attached hydrogens (tertiary/aromatic N) is 1. The van der Waals surface area contributed by atoms with Gasteiger partial charge in [0.05, 0.1) is 52.0 Å². The molecule has 27 heteroatoms. The van der Waals surface area contributed by atoms with E-state index in [2.05, 4.69) is 4.74 Å². The second-order valence-corrected chi connectivity index (χ2v) is 54.6. The van der Waals surface area contributed by atoms with Crippen molar-refractivity contribution in [2.45, 2.75) is 319 Å². The molecule has 0 amide bonds. The van der Waals surface area contributed by atoms with Crippen molar-refractivity contribution in [2.75, 3.05) is 58.7 Å². The van der Waals surface area contributed by atoms with E-state index < -0.39 is 100 Å². The Bertz CT molecular complexity index is 2830. The number of Topliss-reactive ketones (excluding diaryl/α,β-unsaturated/α-hetero) is 2. The molecule has 0 aromatic carbocycles. The number of esters is 1. The van der Waals surface area contributed by atoms with Crippen LogP contribution in [0.25, 0.3) is 0 Å². The molecule has 0 bridgehead atoms. The first kappa shape index (κ1) is 108. The highest BCUT2D eigenvalue weighted by Gasteiger charge is 2.38. The molecule has 0 aromatic heterocycles. The van der Waals surface area contributed by atoms with Crippen LogP contribution in [-0.4, -0.2) is 175 Å². The normalized spacial score (nSPS) is 15.6. The van der Waals surface area contributed by atoms with Crippen LogP contribution >= 0.6 is 7.37 Å². The maximum absolute atomic E-state index is 11.7. The van der Waals surface area contributed by atoms with Crippen LogP contribution in [0.2, 0.25) is 0 Å². The summed E-state index contributed by atoms with van der Waals surface area (Å²) in [6.07, 6.45) is 9.87. The van der Waals surface area contributed by atoms with Gasteiger partial charge in [-0.15, -0.1) is 0 Å². The first-order valence-electron chi connectivity index (χ1n) is 31.8. The molecule has 2 rings (SSSR count). The SMILES string of the molecule is CC(C)(C)C(=O)C1CC1.CC(C)(C)C(=O)C1CCCC1.CC(C)(C)S(C)(=O)=O.CC(C)(C)S(C)(=O)=O.CC(C)S(=O)(=O)C(C)(C)C.CCCS(=O)(=O)C(C)(C)C.CCS(=O)(=O)C(C)(C)C.CN(C)S(=O)(=O)C(C)(C)C.COC(=O)C(C)(C)C.COP(=O)(CO)C(C)(C)C. The maximum Gasteiger partial charge on any atom is 0.310 e. The highest BCUT2D eigenvalue weighted by atomic mass is 32.2. The fourth-order valence-electron chi connectivity index (χ4n) is 5.87. The Kier molecular flexibility index (Phi) is 47.2. The van der Waals surface area contributed by atoms with Gasteiger partial charge in [-0.2, -0.15) is 0 Å². The number of hydrogen-bond acceptors (Lipinski definition) is 19. The van der Waals surface area contributed by atoms with Gasteiger partial charge < -0.3 is 14.4 Å². The van der Waals surface area contributed by atoms with E-state index in [0.29, 0.717) is 35.6 Å². The molecule has 2 aliphatic rings. The predicted octanol–water partition coefficient (Wildman–Crippen LogP) is 14.4. The molecule has 0 radical (unpaired) electrons. The number of hydrogen-bond donors (Lipinski definition) is 1. The van der Waals surface area contributed by atoms with Gasteiger partial charge >= 0.3 is 5.97 Å². The van der Waals surface area contributed by atoms with Crippen molar-refractivity contribution >= 4 is 84.1 Å². The molecule has 1 unspecified atom stereocenters. The van der Waals surface area contributed by atoms with E-state index in [9.17, 15) is 69.5 Å². The number of ether oxygens (including phenoxy) is 1. The third-order valence-electron chi connectivity index (χ3n) is 14.1. The Morgan fingerprint density at radius 1 is 0.473 bits per heavy atom. The lowest BCUT2D eigenvalue weighted by atomic mass is 9.82. The number of sulfone groups is 5. The zero-order chi connectivity index (χ0) is 78.0. The third kappa shape index (κ3) is 45.8. The number of ketones is 2. The summed E-state index contributed by atoms with van der Waals surface area (Å²) in [4.78, 5) is 33.5. The molecule has 0 saturated heterocycles. The summed E-state index contributed by atoms with van der Waals surface area (Å²) in [5.74, 6) is 2.09. The molecular weight excluding hydrogens is 1330 g/mol. The molecule has 2 fully saturated rings. The van der Waals surface area contributed by atoms with Crippen molar-refractivity contribution in [3.8, 4) is 0 Å². The fraction of sp³-hybridized carbons (Fsp3) is 0.955. The smallest absolute Gasteiger partial charge is 0.310 e. The lowest BCUT2D eigenvalue weighted by Gasteiger charge is -2.27. The Balaban J connectivity index is -0.000000144. The average molecular weight is 1480 g/mol. The topological polar surface area (TPSA) is 315 Å². The van der Waals surface area contributed by atoms with E-state index in [4.69, 9.17) is 9.63 Å². The Morgan fingerprint density at radius 2 is 0.753 bits per heavy atom. The lowest BCUT2D eigenvalue weighted by molar-refractivity contribution is -0.149. The molecule has 0 aromatic rings. The van der Waals surface area contributed by atoms with Gasteiger partial charge in [-0.1, -0.05) is 89.0 Å². The molecule has 0 aliphatic heterocycles. The number of methoxy groups -OCH3 is 1. The van der Waals surface area contributed by atoms with Crippen LogP contribution in [0.4, 0.5) is 0 Å². The van der Waals surface area contributed by atoms with Gasteiger partial charge in [0, 0.05) is 67.3 Å². The van der Waals surface area contributed by atoms with Crippen molar-refractivity contribution in [1.29, 1.82) is 0 Å². The van der Waals surface area contributed by atoms with Crippen LogP contribution in [0.5, 0.6) is 0 Å². The molecule has 2 aliphatic carbocycles. The summed E-state index contributed by atoms with van der Waals surface area (Å²) in [6, 6.07) is 0. The minimum absolute atomic E-state index is 0.0961. The Hall–Kier alpha value is -1.38. The summed E-state index contributed by atoms with van der Waals surface area (Å²) >= 11 is 0. The van der Waals surface area contributed by atoms with Crippen LogP contribution in [0.1, 0.15) is 280 Å². The minimum atomic E-state index is -3.08. The van der Waals surface area contributed by atoms with Gasteiger partial charge in [0.15, 0.2) is 49.2 Å². The van der Waals surface area contributed by atoms with Crippen molar-refractivity contribution in [2.24, 2.45) is 28.1 Å². The zero-order valence-electron chi connectivity index (χ0n) is 66.4. The highest BCUT2D eigenvalue weighted by Crippen LogP contribution is 2.57. The quantitative estimate of drug-likeness (QED) is 0.166. The van der Waals surface area contributed by atoms with Crippen LogP contribution < -0.4 is 0 Å².